The molecule has 0 aromatic rings. The third-order valence-corrected chi connectivity index (χ3v) is 4.05. The predicted octanol–water partition coefficient (Wildman–Crippen LogP) is 1.43. The summed E-state index contributed by atoms with van der Waals surface area (Å²) in [6.07, 6.45) is 8.27. The van der Waals surface area contributed by atoms with E-state index in [0.717, 1.165) is 25.6 Å². The average Bonchev–Trinajstić information content (AvgIpc) is 2.84. The fourth-order valence-electron chi connectivity index (χ4n) is 2.98. The first kappa shape index (κ1) is 13.6. The van der Waals surface area contributed by atoms with Crippen molar-refractivity contribution in [2.75, 3.05) is 39.3 Å². The Morgan fingerprint density at radius 1 is 1.11 bits per heavy atom. The van der Waals surface area contributed by atoms with E-state index in [0.29, 0.717) is 0 Å². The summed E-state index contributed by atoms with van der Waals surface area (Å²) in [5, 5.41) is 8.53. The average molecular weight is 252 g/mol. The minimum Gasteiger partial charge on any atom is -0.478 e. The van der Waals surface area contributed by atoms with Gasteiger partial charge in [-0.1, -0.05) is 6.08 Å². The van der Waals surface area contributed by atoms with Gasteiger partial charge < -0.3 is 10.0 Å². The first-order valence-electron chi connectivity index (χ1n) is 7.08. The highest BCUT2D eigenvalue weighted by Gasteiger charge is 2.22. The molecule has 18 heavy (non-hydrogen) atoms. The van der Waals surface area contributed by atoms with Crippen molar-refractivity contribution in [3.8, 4) is 0 Å². The van der Waals surface area contributed by atoms with Gasteiger partial charge in [-0.15, -0.1) is 0 Å². The standard InChI is InChI=1S/C14H24N2O2/c17-14(18)4-3-9-15-10-5-13(6-11-15)12-16-7-1-2-8-16/h3-4,13H,1-2,5-12H2,(H,17,18)/b4-3+. The molecule has 2 heterocycles. The SMILES string of the molecule is O=C(O)/C=C/CN1CCC(CN2CCCC2)CC1. The van der Waals surface area contributed by atoms with Crippen LogP contribution in [0.3, 0.4) is 0 Å². The Morgan fingerprint density at radius 2 is 1.78 bits per heavy atom. The lowest BCUT2D eigenvalue weighted by Gasteiger charge is -2.33. The molecule has 102 valence electrons. The molecule has 4 heteroatoms. The van der Waals surface area contributed by atoms with Crippen LogP contribution in [0.25, 0.3) is 0 Å². The van der Waals surface area contributed by atoms with Crippen molar-refractivity contribution in [2.24, 2.45) is 5.92 Å². The highest BCUT2D eigenvalue weighted by atomic mass is 16.4. The van der Waals surface area contributed by atoms with E-state index in [2.05, 4.69) is 9.80 Å². The maximum atomic E-state index is 10.4. The zero-order chi connectivity index (χ0) is 12.8. The van der Waals surface area contributed by atoms with E-state index >= 15 is 0 Å². The second-order valence-electron chi connectivity index (χ2n) is 5.49. The number of nitrogens with zero attached hydrogens (tertiary/aromatic N) is 2. The van der Waals surface area contributed by atoms with Gasteiger partial charge in [0.05, 0.1) is 0 Å². The lowest BCUT2D eigenvalue weighted by atomic mass is 9.96. The second kappa shape index (κ2) is 6.90. The molecule has 0 bridgehead atoms. The van der Waals surface area contributed by atoms with E-state index in [-0.39, 0.29) is 0 Å². The smallest absolute Gasteiger partial charge is 0.328 e. The Hall–Kier alpha value is -0.870. The van der Waals surface area contributed by atoms with Gasteiger partial charge >= 0.3 is 5.97 Å². The summed E-state index contributed by atoms with van der Waals surface area (Å²) in [5.74, 6) is 0.00160. The molecule has 0 spiro atoms. The van der Waals surface area contributed by atoms with Crippen molar-refractivity contribution in [3.63, 3.8) is 0 Å². The fraction of sp³-hybridized carbons (Fsp3) is 0.786. The molecule has 2 aliphatic rings. The molecular formula is C14H24N2O2. The Balaban J connectivity index is 1.63. The largest absolute Gasteiger partial charge is 0.478 e. The van der Waals surface area contributed by atoms with Gasteiger partial charge in [-0.2, -0.15) is 0 Å². The van der Waals surface area contributed by atoms with Crippen LogP contribution in [-0.4, -0.2) is 60.1 Å². The number of aliphatic carboxylic acids is 1. The first-order valence-corrected chi connectivity index (χ1v) is 7.08. The Morgan fingerprint density at radius 3 is 2.39 bits per heavy atom. The quantitative estimate of drug-likeness (QED) is 0.752. The molecule has 2 aliphatic heterocycles. The van der Waals surface area contributed by atoms with Crippen LogP contribution in [0, 0.1) is 5.92 Å². The van der Waals surface area contributed by atoms with Gasteiger partial charge in [-0.3, -0.25) is 4.90 Å². The van der Waals surface area contributed by atoms with Crippen molar-refractivity contribution in [2.45, 2.75) is 25.7 Å². The second-order valence-corrected chi connectivity index (χ2v) is 5.49. The van der Waals surface area contributed by atoms with Gasteiger partial charge in [0.25, 0.3) is 0 Å². The molecule has 2 rings (SSSR count). The summed E-state index contributed by atoms with van der Waals surface area (Å²) < 4.78 is 0. The van der Waals surface area contributed by atoms with Crippen LogP contribution in [0.1, 0.15) is 25.7 Å². The van der Waals surface area contributed by atoms with E-state index in [4.69, 9.17) is 5.11 Å². The molecule has 2 fully saturated rings. The van der Waals surface area contributed by atoms with Crippen LogP contribution in [0.5, 0.6) is 0 Å². The molecule has 0 radical (unpaired) electrons. The van der Waals surface area contributed by atoms with Crippen LogP contribution in [0.4, 0.5) is 0 Å². The maximum absolute atomic E-state index is 10.4. The number of piperidine rings is 1. The third-order valence-electron chi connectivity index (χ3n) is 4.05. The van der Waals surface area contributed by atoms with E-state index in [1.807, 2.05) is 0 Å². The zero-order valence-corrected chi connectivity index (χ0v) is 11.1. The lowest BCUT2D eigenvalue weighted by Crippen LogP contribution is -2.38. The van der Waals surface area contributed by atoms with Gasteiger partial charge in [0.2, 0.25) is 0 Å². The van der Waals surface area contributed by atoms with Crippen molar-refractivity contribution in [3.05, 3.63) is 12.2 Å². The topological polar surface area (TPSA) is 43.8 Å². The van der Waals surface area contributed by atoms with Crippen LogP contribution in [-0.2, 0) is 4.79 Å². The molecule has 0 amide bonds. The van der Waals surface area contributed by atoms with Gasteiger partial charge in [0, 0.05) is 19.2 Å². The van der Waals surface area contributed by atoms with Gasteiger partial charge in [-0.25, -0.2) is 4.79 Å². The van der Waals surface area contributed by atoms with Gasteiger partial charge in [0.15, 0.2) is 0 Å². The lowest BCUT2D eigenvalue weighted by molar-refractivity contribution is -0.131. The molecule has 4 nitrogen and oxygen atoms in total. The fourth-order valence-corrected chi connectivity index (χ4v) is 2.98. The summed E-state index contributed by atoms with van der Waals surface area (Å²) in [6.45, 7) is 6.87. The normalized spacial score (nSPS) is 24.0. The Kier molecular flexibility index (Phi) is 5.20. The van der Waals surface area contributed by atoms with Crippen molar-refractivity contribution in [1.29, 1.82) is 0 Å². The maximum Gasteiger partial charge on any atom is 0.328 e. The van der Waals surface area contributed by atoms with Crippen molar-refractivity contribution < 1.29 is 9.90 Å². The van der Waals surface area contributed by atoms with E-state index < -0.39 is 5.97 Å². The van der Waals surface area contributed by atoms with Crippen molar-refractivity contribution >= 4 is 5.97 Å². The number of rotatable bonds is 5. The van der Waals surface area contributed by atoms with Gasteiger partial charge in [-0.05, 0) is 57.8 Å². The number of carboxylic acid groups (broad SMARTS) is 1. The predicted molar refractivity (Wildman–Crippen MR) is 71.6 cm³/mol. The van der Waals surface area contributed by atoms with Crippen LogP contribution in [0.15, 0.2) is 12.2 Å². The van der Waals surface area contributed by atoms with Crippen LogP contribution >= 0.6 is 0 Å². The molecule has 0 saturated carbocycles. The number of likely N-dealkylation sites (tertiary alicyclic amines) is 2. The Labute approximate surface area is 109 Å². The summed E-state index contributed by atoms with van der Waals surface area (Å²) >= 11 is 0. The zero-order valence-electron chi connectivity index (χ0n) is 11.1. The summed E-state index contributed by atoms with van der Waals surface area (Å²) in [6, 6.07) is 0. The molecular weight excluding hydrogens is 228 g/mol. The molecule has 2 saturated heterocycles. The van der Waals surface area contributed by atoms with Crippen molar-refractivity contribution in [1.82, 2.24) is 9.80 Å². The Bertz CT molecular complexity index is 290. The molecule has 0 aromatic carbocycles. The van der Waals surface area contributed by atoms with Gasteiger partial charge in [0.1, 0.15) is 0 Å². The number of carboxylic acids is 1. The molecule has 0 aromatic heterocycles. The van der Waals surface area contributed by atoms with Crippen LogP contribution < -0.4 is 0 Å². The monoisotopic (exact) mass is 252 g/mol. The first-order chi connectivity index (χ1) is 8.74. The molecule has 0 unspecified atom stereocenters. The van der Waals surface area contributed by atoms with Crippen LogP contribution in [0.2, 0.25) is 0 Å². The number of hydrogen-bond donors (Lipinski definition) is 1. The molecule has 0 aliphatic carbocycles. The number of hydrogen-bond acceptors (Lipinski definition) is 3. The molecule has 0 atom stereocenters. The summed E-state index contributed by atoms with van der Waals surface area (Å²) in [7, 11) is 0. The highest BCUT2D eigenvalue weighted by molar-refractivity contribution is 5.79. The minimum atomic E-state index is -0.848. The van der Waals surface area contributed by atoms with E-state index in [9.17, 15) is 4.79 Å². The highest BCUT2D eigenvalue weighted by Crippen LogP contribution is 2.20. The number of carbonyl (C=O) groups is 1. The summed E-state index contributed by atoms with van der Waals surface area (Å²) in [5.41, 5.74) is 0. The van der Waals surface area contributed by atoms with E-state index in [1.54, 1.807) is 6.08 Å². The third kappa shape index (κ3) is 4.42. The summed E-state index contributed by atoms with van der Waals surface area (Å²) in [4.78, 5) is 15.3. The minimum absolute atomic E-state index is 0.780. The van der Waals surface area contributed by atoms with E-state index in [1.165, 1.54) is 51.4 Å². The molecule has 1 N–H and O–H groups in total.